The van der Waals surface area contributed by atoms with E-state index in [4.69, 9.17) is 23.2 Å². The van der Waals surface area contributed by atoms with Gasteiger partial charge >= 0.3 is 0 Å². The van der Waals surface area contributed by atoms with E-state index in [-0.39, 0.29) is 17.5 Å². The molecule has 0 atom stereocenters. The van der Waals surface area contributed by atoms with Crippen LogP contribution in [0.1, 0.15) is 10.4 Å². The van der Waals surface area contributed by atoms with Gasteiger partial charge in [0.05, 0.1) is 27.8 Å². The normalized spacial score (nSPS) is 10.5. The summed E-state index contributed by atoms with van der Waals surface area (Å²) in [5.74, 6) is -0.767. The molecular formula is C18H13Cl2N3O2. The molecule has 0 saturated heterocycles. The summed E-state index contributed by atoms with van der Waals surface area (Å²) in [5.41, 5.74) is 1.61. The monoisotopic (exact) mass is 373 g/mol. The number of fused-ring (bicyclic) bond motifs is 1. The second-order valence-electron chi connectivity index (χ2n) is 5.24. The highest BCUT2D eigenvalue weighted by Crippen LogP contribution is 2.22. The molecule has 0 spiro atoms. The van der Waals surface area contributed by atoms with Gasteiger partial charge in [-0.3, -0.25) is 14.6 Å². The van der Waals surface area contributed by atoms with Gasteiger partial charge in [0.15, 0.2) is 0 Å². The average molecular weight is 374 g/mol. The van der Waals surface area contributed by atoms with Crippen LogP contribution in [0.15, 0.2) is 54.7 Å². The lowest BCUT2D eigenvalue weighted by molar-refractivity contribution is -0.115. The molecule has 7 heteroatoms. The fourth-order valence-corrected chi connectivity index (χ4v) is 2.60. The van der Waals surface area contributed by atoms with Gasteiger partial charge in [0.1, 0.15) is 0 Å². The topological polar surface area (TPSA) is 71.1 Å². The maximum atomic E-state index is 12.1. The quantitative estimate of drug-likeness (QED) is 0.728. The number of halogens is 2. The van der Waals surface area contributed by atoms with Crippen molar-refractivity contribution >= 4 is 51.6 Å². The minimum Gasteiger partial charge on any atom is -0.343 e. The van der Waals surface area contributed by atoms with Crippen LogP contribution in [0.4, 0.5) is 5.69 Å². The van der Waals surface area contributed by atoms with E-state index in [1.54, 1.807) is 12.3 Å². The predicted octanol–water partition coefficient (Wildman–Crippen LogP) is 3.91. The zero-order chi connectivity index (χ0) is 17.8. The second kappa shape index (κ2) is 7.51. The molecule has 0 aliphatic rings. The first-order chi connectivity index (χ1) is 12.0. The van der Waals surface area contributed by atoms with E-state index in [1.165, 1.54) is 18.2 Å². The number of nitrogens with one attached hydrogen (secondary N) is 2. The van der Waals surface area contributed by atoms with E-state index in [0.29, 0.717) is 21.8 Å². The molecule has 0 bridgehead atoms. The predicted molar refractivity (Wildman–Crippen MR) is 99.2 cm³/mol. The Morgan fingerprint density at radius 3 is 2.60 bits per heavy atom. The molecule has 2 amide bonds. The maximum absolute atomic E-state index is 12.1. The van der Waals surface area contributed by atoms with Crippen molar-refractivity contribution in [1.29, 1.82) is 0 Å². The van der Waals surface area contributed by atoms with Crippen LogP contribution >= 0.6 is 23.2 Å². The van der Waals surface area contributed by atoms with Gasteiger partial charge in [-0.15, -0.1) is 0 Å². The minimum atomic E-state index is -0.412. The van der Waals surface area contributed by atoms with E-state index in [9.17, 15) is 9.59 Å². The summed E-state index contributed by atoms with van der Waals surface area (Å²) in [5, 5.41) is 6.85. The number of nitrogens with zero attached hydrogens (tertiary/aromatic N) is 1. The molecule has 5 nitrogen and oxygen atoms in total. The van der Waals surface area contributed by atoms with Crippen molar-refractivity contribution in [3.8, 4) is 0 Å². The Morgan fingerprint density at radius 1 is 1.00 bits per heavy atom. The first-order valence-electron chi connectivity index (χ1n) is 7.41. The first-order valence-corrected chi connectivity index (χ1v) is 8.17. The Kier molecular flexibility index (Phi) is 5.16. The van der Waals surface area contributed by atoms with E-state index < -0.39 is 5.91 Å². The SMILES string of the molecule is O=C(CNC(=O)c1ccc(Cl)c(Cl)c1)Nc1cccc2cccnc12. The summed E-state index contributed by atoms with van der Waals surface area (Å²) in [7, 11) is 0. The number of rotatable bonds is 4. The van der Waals surface area contributed by atoms with E-state index in [2.05, 4.69) is 15.6 Å². The lowest BCUT2D eigenvalue weighted by atomic mass is 10.2. The Morgan fingerprint density at radius 2 is 1.80 bits per heavy atom. The molecule has 3 rings (SSSR count). The minimum absolute atomic E-state index is 0.178. The van der Waals surface area contributed by atoms with Crippen LogP contribution in [0.25, 0.3) is 10.9 Å². The van der Waals surface area contributed by atoms with Gasteiger partial charge in [0, 0.05) is 17.1 Å². The molecule has 0 unspecified atom stereocenters. The highest BCUT2D eigenvalue weighted by atomic mass is 35.5. The molecule has 0 radical (unpaired) electrons. The third-order valence-electron chi connectivity index (χ3n) is 3.50. The number of carbonyl (C=O) groups is 2. The molecule has 25 heavy (non-hydrogen) atoms. The fraction of sp³-hybridized carbons (Fsp3) is 0.0556. The largest absolute Gasteiger partial charge is 0.343 e. The number of hydrogen-bond donors (Lipinski definition) is 2. The summed E-state index contributed by atoms with van der Waals surface area (Å²) in [6.45, 7) is -0.178. The summed E-state index contributed by atoms with van der Waals surface area (Å²) in [4.78, 5) is 28.5. The second-order valence-corrected chi connectivity index (χ2v) is 6.05. The lowest BCUT2D eigenvalue weighted by Crippen LogP contribution is -2.32. The summed E-state index contributed by atoms with van der Waals surface area (Å²) in [6, 6.07) is 13.7. The third kappa shape index (κ3) is 4.07. The van der Waals surface area contributed by atoms with Gasteiger partial charge in [-0.2, -0.15) is 0 Å². The molecule has 1 heterocycles. The van der Waals surface area contributed by atoms with Crippen LogP contribution in [0.2, 0.25) is 10.0 Å². The third-order valence-corrected chi connectivity index (χ3v) is 4.24. The zero-order valence-electron chi connectivity index (χ0n) is 12.9. The lowest BCUT2D eigenvalue weighted by Gasteiger charge is -2.09. The van der Waals surface area contributed by atoms with Crippen molar-refractivity contribution in [2.24, 2.45) is 0 Å². The van der Waals surface area contributed by atoms with Crippen LogP contribution in [-0.2, 0) is 4.79 Å². The van der Waals surface area contributed by atoms with Crippen LogP contribution in [0.5, 0.6) is 0 Å². The van der Waals surface area contributed by atoms with Crippen molar-refractivity contribution in [3.05, 3.63) is 70.3 Å². The summed E-state index contributed by atoms with van der Waals surface area (Å²) in [6.07, 6.45) is 1.66. The average Bonchev–Trinajstić information content (AvgIpc) is 2.62. The van der Waals surface area contributed by atoms with Crippen molar-refractivity contribution < 1.29 is 9.59 Å². The molecule has 0 saturated carbocycles. The van der Waals surface area contributed by atoms with Crippen LogP contribution < -0.4 is 10.6 Å². The summed E-state index contributed by atoms with van der Waals surface area (Å²) >= 11 is 11.7. The molecular weight excluding hydrogens is 361 g/mol. The number of amides is 2. The highest BCUT2D eigenvalue weighted by Gasteiger charge is 2.11. The van der Waals surface area contributed by atoms with Gasteiger partial charge in [-0.1, -0.05) is 41.4 Å². The van der Waals surface area contributed by atoms with Gasteiger partial charge in [-0.05, 0) is 30.3 Å². The fourth-order valence-electron chi connectivity index (χ4n) is 2.30. The Hall–Kier alpha value is -2.63. The number of hydrogen-bond acceptors (Lipinski definition) is 3. The van der Waals surface area contributed by atoms with Gasteiger partial charge in [-0.25, -0.2) is 0 Å². The molecule has 0 aliphatic heterocycles. The highest BCUT2D eigenvalue weighted by molar-refractivity contribution is 6.42. The molecule has 0 fully saturated rings. The number of para-hydroxylation sites is 1. The molecule has 3 aromatic rings. The maximum Gasteiger partial charge on any atom is 0.251 e. The van der Waals surface area contributed by atoms with E-state index >= 15 is 0 Å². The molecule has 2 aromatic carbocycles. The van der Waals surface area contributed by atoms with Crippen LogP contribution in [0, 0.1) is 0 Å². The van der Waals surface area contributed by atoms with Gasteiger partial charge in [0.25, 0.3) is 5.91 Å². The number of benzene rings is 2. The van der Waals surface area contributed by atoms with Crippen LogP contribution in [-0.4, -0.2) is 23.3 Å². The summed E-state index contributed by atoms with van der Waals surface area (Å²) < 4.78 is 0. The smallest absolute Gasteiger partial charge is 0.251 e. The Labute approximate surface area is 154 Å². The van der Waals surface area contributed by atoms with Crippen molar-refractivity contribution in [2.45, 2.75) is 0 Å². The number of carbonyl (C=O) groups excluding carboxylic acids is 2. The number of anilines is 1. The molecule has 1 aromatic heterocycles. The van der Waals surface area contributed by atoms with E-state index in [0.717, 1.165) is 5.39 Å². The molecule has 0 aliphatic carbocycles. The van der Waals surface area contributed by atoms with Crippen molar-refractivity contribution in [1.82, 2.24) is 10.3 Å². The van der Waals surface area contributed by atoms with Gasteiger partial charge in [0.2, 0.25) is 5.91 Å². The molecule has 126 valence electrons. The number of pyridine rings is 1. The van der Waals surface area contributed by atoms with E-state index in [1.807, 2.05) is 24.3 Å². The standard InChI is InChI=1S/C18H13Cl2N3O2/c19-13-7-6-12(9-14(13)20)18(25)22-10-16(24)23-15-5-1-3-11-4-2-8-21-17(11)15/h1-9H,10H2,(H,22,25)(H,23,24). The van der Waals surface area contributed by atoms with Crippen molar-refractivity contribution in [2.75, 3.05) is 11.9 Å². The number of aromatic nitrogens is 1. The Balaban J connectivity index is 1.64. The first kappa shape index (κ1) is 17.2. The zero-order valence-corrected chi connectivity index (χ0v) is 14.4. The van der Waals surface area contributed by atoms with Crippen molar-refractivity contribution in [3.63, 3.8) is 0 Å². The molecule has 2 N–H and O–H groups in total. The van der Waals surface area contributed by atoms with Gasteiger partial charge < -0.3 is 10.6 Å². The Bertz CT molecular complexity index is 955. The van der Waals surface area contributed by atoms with Crippen LogP contribution in [0.3, 0.4) is 0 Å².